The molecule has 0 fully saturated rings. The summed E-state index contributed by atoms with van der Waals surface area (Å²) >= 11 is 0. The van der Waals surface area contributed by atoms with Gasteiger partial charge in [-0.15, -0.1) is 12.4 Å². The van der Waals surface area contributed by atoms with E-state index in [4.69, 9.17) is 4.74 Å². The molecule has 0 saturated carbocycles. The minimum atomic E-state index is -0.121. The van der Waals surface area contributed by atoms with Gasteiger partial charge in [0, 0.05) is 32.4 Å². The number of rotatable bonds is 7. The van der Waals surface area contributed by atoms with Crippen molar-refractivity contribution in [3.8, 4) is 0 Å². The van der Waals surface area contributed by atoms with Crippen LogP contribution in [0.3, 0.4) is 0 Å². The number of aromatic nitrogens is 2. The van der Waals surface area contributed by atoms with Gasteiger partial charge in [-0.25, -0.2) is 0 Å². The van der Waals surface area contributed by atoms with Crippen molar-refractivity contribution in [2.45, 2.75) is 33.2 Å². The summed E-state index contributed by atoms with van der Waals surface area (Å²) in [7, 11) is 1.67. The van der Waals surface area contributed by atoms with Crippen molar-refractivity contribution in [3.05, 3.63) is 17.5 Å². The first kappa shape index (κ1) is 19.9. The van der Waals surface area contributed by atoms with Gasteiger partial charge in [-0.05, 0) is 27.7 Å². The van der Waals surface area contributed by atoms with Crippen molar-refractivity contribution in [2.75, 3.05) is 33.4 Å². The Morgan fingerprint density at radius 2 is 2.00 bits per heavy atom. The van der Waals surface area contributed by atoms with E-state index in [9.17, 15) is 4.79 Å². The molecule has 0 aliphatic heterocycles. The number of hydrogen-bond acceptors (Lipinski definition) is 4. The molecule has 6 nitrogen and oxygen atoms in total. The SMILES string of the molecule is COCCNCCNC(=O)c1cnn(C(C)(C)C)c1C.Cl. The van der Waals surface area contributed by atoms with Crippen molar-refractivity contribution in [1.82, 2.24) is 20.4 Å². The van der Waals surface area contributed by atoms with Crippen LogP contribution in [-0.4, -0.2) is 49.0 Å². The summed E-state index contributed by atoms with van der Waals surface area (Å²) in [5, 5.41) is 10.4. The van der Waals surface area contributed by atoms with Crippen molar-refractivity contribution < 1.29 is 9.53 Å². The zero-order valence-corrected chi connectivity index (χ0v) is 14.3. The van der Waals surface area contributed by atoms with Crippen LogP contribution in [-0.2, 0) is 10.3 Å². The van der Waals surface area contributed by atoms with E-state index in [0.717, 1.165) is 18.8 Å². The Hall–Kier alpha value is -1.11. The maximum absolute atomic E-state index is 12.1. The first-order valence-electron chi connectivity index (χ1n) is 6.91. The van der Waals surface area contributed by atoms with Gasteiger partial charge in [0.2, 0.25) is 0 Å². The summed E-state index contributed by atoms with van der Waals surface area (Å²) in [6.45, 7) is 10.9. The fraction of sp³-hybridized carbons (Fsp3) is 0.714. The first-order chi connectivity index (χ1) is 9.38. The standard InChI is InChI=1S/C14H26N4O2.ClH/c1-11-12(10-17-18(11)14(2,3)4)13(19)16-7-6-15-8-9-20-5;/h10,15H,6-9H2,1-5H3,(H,16,19);1H. The Kier molecular flexibility index (Phi) is 8.54. The molecule has 1 amide bonds. The lowest BCUT2D eigenvalue weighted by Crippen LogP contribution is -2.33. The van der Waals surface area contributed by atoms with Gasteiger partial charge in [-0.1, -0.05) is 0 Å². The summed E-state index contributed by atoms with van der Waals surface area (Å²) in [4.78, 5) is 12.1. The molecule has 0 aliphatic carbocycles. The van der Waals surface area contributed by atoms with E-state index in [0.29, 0.717) is 18.7 Å². The molecule has 2 N–H and O–H groups in total. The lowest BCUT2D eigenvalue weighted by molar-refractivity contribution is 0.0953. The van der Waals surface area contributed by atoms with Crippen LogP contribution in [0, 0.1) is 6.92 Å². The van der Waals surface area contributed by atoms with Gasteiger partial charge in [0.1, 0.15) is 0 Å². The van der Waals surface area contributed by atoms with Gasteiger partial charge in [-0.3, -0.25) is 9.48 Å². The number of nitrogens with zero attached hydrogens (tertiary/aromatic N) is 2. The highest BCUT2D eigenvalue weighted by Gasteiger charge is 2.21. The highest BCUT2D eigenvalue weighted by Crippen LogP contribution is 2.17. The van der Waals surface area contributed by atoms with Gasteiger partial charge in [0.25, 0.3) is 5.91 Å². The van der Waals surface area contributed by atoms with Gasteiger partial charge in [-0.2, -0.15) is 5.10 Å². The number of amides is 1. The normalized spacial score (nSPS) is 11.1. The topological polar surface area (TPSA) is 68.2 Å². The average molecular weight is 319 g/mol. The maximum Gasteiger partial charge on any atom is 0.254 e. The van der Waals surface area contributed by atoms with Crippen LogP contribution in [0.4, 0.5) is 0 Å². The summed E-state index contributed by atoms with van der Waals surface area (Å²) in [6.07, 6.45) is 1.63. The molecule has 1 heterocycles. The largest absolute Gasteiger partial charge is 0.383 e. The van der Waals surface area contributed by atoms with Crippen molar-refractivity contribution in [3.63, 3.8) is 0 Å². The van der Waals surface area contributed by atoms with Gasteiger partial charge < -0.3 is 15.4 Å². The van der Waals surface area contributed by atoms with E-state index >= 15 is 0 Å². The Labute approximate surface area is 133 Å². The molecule has 1 aromatic rings. The van der Waals surface area contributed by atoms with Gasteiger partial charge in [0.05, 0.1) is 23.9 Å². The molecule has 1 aromatic heterocycles. The molecular weight excluding hydrogens is 292 g/mol. The summed E-state index contributed by atoms with van der Waals surface area (Å²) in [5.41, 5.74) is 1.41. The minimum absolute atomic E-state index is 0. The number of hydrogen-bond donors (Lipinski definition) is 2. The Morgan fingerprint density at radius 3 is 2.52 bits per heavy atom. The molecule has 7 heteroatoms. The highest BCUT2D eigenvalue weighted by molar-refractivity contribution is 5.95. The molecule has 122 valence electrons. The monoisotopic (exact) mass is 318 g/mol. The number of carbonyl (C=O) groups excluding carboxylic acids is 1. The van der Waals surface area contributed by atoms with Gasteiger partial charge in [0.15, 0.2) is 0 Å². The molecule has 0 aliphatic rings. The molecule has 0 radical (unpaired) electrons. The predicted octanol–water partition coefficient (Wildman–Crippen LogP) is 1.33. The first-order valence-corrected chi connectivity index (χ1v) is 6.91. The highest BCUT2D eigenvalue weighted by atomic mass is 35.5. The molecule has 0 aromatic carbocycles. The van der Waals surface area contributed by atoms with E-state index in [1.165, 1.54) is 0 Å². The number of ether oxygens (including phenoxy) is 1. The van der Waals surface area contributed by atoms with Crippen LogP contribution in [0.25, 0.3) is 0 Å². The zero-order valence-electron chi connectivity index (χ0n) is 13.5. The Bertz CT molecular complexity index is 441. The molecule has 1 rings (SSSR count). The fourth-order valence-corrected chi connectivity index (χ4v) is 1.97. The minimum Gasteiger partial charge on any atom is -0.383 e. The quantitative estimate of drug-likeness (QED) is 0.744. The molecule has 0 unspecified atom stereocenters. The number of halogens is 1. The number of carbonyl (C=O) groups is 1. The lowest BCUT2D eigenvalue weighted by atomic mass is 10.1. The smallest absolute Gasteiger partial charge is 0.254 e. The van der Waals surface area contributed by atoms with Gasteiger partial charge >= 0.3 is 0 Å². The zero-order chi connectivity index (χ0) is 15.2. The molecule has 0 saturated heterocycles. The third-order valence-electron chi connectivity index (χ3n) is 2.96. The Balaban J connectivity index is 0.00000400. The van der Waals surface area contributed by atoms with Crippen LogP contribution in [0.15, 0.2) is 6.20 Å². The van der Waals surface area contributed by atoms with E-state index in [2.05, 4.69) is 36.5 Å². The molecule has 0 atom stereocenters. The van der Waals surface area contributed by atoms with E-state index < -0.39 is 0 Å². The second kappa shape index (κ2) is 9.02. The van der Waals surface area contributed by atoms with Crippen LogP contribution in [0.5, 0.6) is 0 Å². The molecule has 0 bridgehead atoms. The maximum atomic E-state index is 12.1. The van der Waals surface area contributed by atoms with Crippen LogP contribution >= 0.6 is 12.4 Å². The van der Waals surface area contributed by atoms with E-state index in [1.807, 2.05) is 11.6 Å². The van der Waals surface area contributed by atoms with Crippen LogP contribution in [0.2, 0.25) is 0 Å². The van der Waals surface area contributed by atoms with Crippen LogP contribution in [0.1, 0.15) is 36.8 Å². The average Bonchev–Trinajstić information content (AvgIpc) is 2.75. The van der Waals surface area contributed by atoms with E-state index in [1.54, 1.807) is 13.3 Å². The second-order valence-corrected chi connectivity index (χ2v) is 5.72. The predicted molar refractivity (Wildman–Crippen MR) is 86.3 cm³/mol. The summed E-state index contributed by atoms with van der Waals surface area (Å²) in [5.74, 6) is -0.0773. The van der Waals surface area contributed by atoms with Crippen molar-refractivity contribution >= 4 is 18.3 Å². The van der Waals surface area contributed by atoms with Crippen molar-refractivity contribution in [2.24, 2.45) is 0 Å². The van der Waals surface area contributed by atoms with Crippen molar-refractivity contribution in [1.29, 1.82) is 0 Å². The third kappa shape index (κ3) is 6.03. The summed E-state index contributed by atoms with van der Waals surface area (Å²) < 4.78 is 6.80. The third-order valence-corrected chi connectivity index (χ3v) is 2.96. The second-order valence-electron chi connectivity index (χ2n) is 5.72. The van der Waals surface area contributed by atoms with E-state index in [-0.39, 0.29) is 23.9 Å². The lowest BCUT2D eigenvalue weighted by Gasteiger charge is -2.21. The molecule has 21 heavy (non-hydrogen) atoms. The molecular formula is C14H27ClN4O2. The number of nitrogens with one attached hydrogen (secondary N) is 2. The van der Waals surface area contributed by atoms with Crippen LogP contribution < -0.4 is 10.6 Å². The summed E-state index contributed by atoms with van der Waals surface area (Å²) in [6, 6.07) is 0. The Morgan fingerprint density at radius 1 is 1.33 bits per heavy atom. The number of methoxy groups -OCH3 is 1. The fourth-order valence-electron chi connectivity index (χ4n) is 1.97. The molecule has 0 spiro atoms.